The summed E-state index contributed by atoms with van der Waals surface area (Å²) in [4.78, 5) is 15.7. The standard InChI is InChI=1S/C30H30ClF7N2O3S/c1-25-8-11-26(12-9-25,13-10-25)24(41)40-15-14-27(44(42,43)20-5-3-19(31)4-6-20)21-7-2-18(16-22(21)39-17-23(27)40)28(32,29(33,34)35)30(36,37)38/h2-7,16,23,39H,8-15,17H2,1H3. The van der Waals surface area contributed by atoms with Gasteiger partial charge in [0, 0.05) is 34.8 Å². The zero-order valence-electron chi connectivity index (χ0n) is 23.6. The first-order valence-corrected chi connectivity index (χ1v) is 16.2. The molecule has 0 spiro atoms. The minimum atomic E-state index is -6.34. The number of carbonyl (C=O) groups excluding carboxylic acids is 1. The lowest BCUT2D eigenvalue weighted by atomic mass is 9.54. The number of rotatable bonds is 4. The third-order valence-corrected chi connectivity index (χ3v) is 13.5. The highest BCUT2D eigenvalue weighted by molar-refractivity contribution is 7.92. The predicted octanol–water partition coefficient (Wildman–Crippen LogP) is 7.69. The molecule has 2 aliphatic heterocycles. The molecule has 5 nitrogen and oxygen atoms in total. The van der Waals surface area contributed by atoms with Crippen molar-refractivity contribution in [3.63, 3.8) is 0 Å². The van der Waals surface area contributed by atoms with E-state index in [1.54, 1.807) is 0 Å². The first kappa shape index (κ1) is 31.4. The Labute approximate surface area is 255 Å². The molecule has 2 heterocycles. The number of sulfone groups is 1. The van der Waals surface area contributed by atoms with Crippen molar-refractivity contribution >= 4 is 33.0 Å². The SMILES string of the molecule is CC12CCC(C(=O)N3CCC4(S(=O)(=O)c5ccc(Cl)cc5)c5ccc(C(F)(C(F)(F)F)C(F)(F)F)cc5NCC34)(CC1)CC2. The van der Waals surface area contributed by atoms with Crippen LogP contribution < -0.4 is 5.32 Å². The molecule has 1 saturated heterocycles. The second kappa shape index (κ2) is 9.73. The molecule has 0 aromatic heterocycles. The van der Waals surface area contributed by atoms with Gasteiger partial charge in [0.05, 0.1) is 10.9 Å². The summed E-state index contributed by atoms with van der Waals surface area (Å²) in [7, 11) is -4.45. The summed E-state index contributed by atoms with van der Waals surface area (Å²) in [5.41, 5.74) is -8.40. The van der Waals surface area contributed by atoms with Crippen LogP contribution in [-0.2, 0) is 25.0 Å². The average Bonchev–Trinajstić information content (AvgIpc) is 3.37. The number of amides is 1. The number of fused-ring (bicyclic) bond motifs is 6. The Bertz CT molecular complexity index is 1570. The zero-order valence-corrected chi connectivity index (χ0v) is 25.2. The zero-order chi connectivity index (χ0) is 32.1. The lowest BCUT2D eigenvalue weighted by Crippen LogP contribution is -2.59. The number of nitrogens with one attached hydrogen (secondary N) is 1. The van der Waals surface area contributed by atoms with Crippen LogP contribution in [0.5, 0.6) is 0 Å². The van der Waals surface area contributed by atoms with E-state index in [4.69, 9.17) is 11.6 Å². The summed E-state index contributed by atoms with van der Waals surface area (Å²) >= 11 is 5.99. The smallest absolute Gasteiger partial charge is 0.383 e. The fourth-order valence-corrected chi connectivity index (χ4v) is 10.4. The number of anilines is 1. The average molecular weight is 667 g/mol. The molecule has 240 valence electrons. The third kappa shape index (κ3) is 4.23. The van der Waals surface area contributed by atoms with E-state index in [9.17, 15) is 39.6 Å². The molecule has 2 unspecified atom stereocenters. The highest BCUT2D eigenvalue weighted by Gasteiger charge is 2.74. The highest BCUT2D eigenvalue weighted by atomic mass is 35.5. The first-order valence-electron chi connectivity index (χ1n) is 14.3. The minimum absolute atomic E-state index is 0.0103. The molecule has 1 N–H and O–H groups in total. The highest BCUT2D eigenvalue weighted by Crippen LogP contribution is 2.60. The summed E-state index contributed by atoms with van der Waals surface area (Å²) in [5.74, 6) is -0.184. The Morgan fingerprint density at radius 1 is 0.886 bits per heavy atom. The maximum Gasteiger partial charge on any atom is 0.435 e. The summed E-state index contributed by atoms with van der Waals surface area (Å²) in [6, 6.07) is 5.77. The Balaban J connectivity index is 1.49. The van der Waals surface area contributed by atoms with Gasteiger partial charge in [-0.05, 0) is 86.3 Å². The second-order valence-corrected chi connectivity index (χ2v) is 15.6. The van der Waals surface area contributed by atoms with Gasteiger partial charge in [-0.25, -0.2) is 12.8 Å². The van der Waals surface area contributed by atoms with Gasteiger partial charge in [0.15, 0.2) is 9.84 Å². The van der Waals surface area contributed by atoms with Crippen LogP contribution in [0.4, 0.5) is 36.4 Å². The fourth-order valence-electron chi connectivity index (χ4n) is 7.94. The fraction of sp³-hybridized carbons (Fsp3) is 0.567. The quantitative estimate of drug-likeness (QED) is 0.340. The van der Waals surface area contributed by atoms with Crippen LogP contribution in [0.3, 0.4) is 0 Å². The summed E-state index contributed by atoms with van der Waals surface area (Å²) in [5, 5.41) is 3.01. The number of nitrogens with zero attached hydrogens (tertiary/aromatic N) is 1. The van der Waals surface area contributed by atoms with Crippen LogP contribution in [0.2, 0.25) is 5.02 Å². The van der Waals surface area contributed by atoms with Crippen molar-refractivity contribution in [2.45, 2.75) is 85.6 Å². The van der Waals surface area contributed by atoms with E-state index in [1.807, 2.05) is 0 Å². The molecule has 2 aromatic carbocycles. The van der Waals surface area contributed by atoms with Crippen molar-refractivity contribution in [2.24, 2.45) is 10.8 Å². The van der Waals surface area contributed by atoms with E-state index in [1.165, 1.54) is 29.2 Å². The van der Waals surface area contributed by atoms with Crippen LogP contribution >= 0.6 is 11.6 Å². The predicted molar refractivity (Wildman–Crippen MR) is 149 cm³/mol. The number of alkyl halides is 7. The lowest BCUT2D eigenvalue weighted by Gasteiger charge is -2.53. The Kier molecular flexibility index (Phi) is 6.95. The van der Waals surface area contributed by atoms with Crippen LogP contribution in [0, 0.1) is 10.8 Å². The van der Waals surface area contributed by atoms with E-state index in [2.05, 4.69) is 12.2 Å². The Morgan fingerprint density at radius 3 is 2.00 bits per heavy atom. The molecule has 2 atom stereocenters. The van der Waals surface area contributed by atoms with E-state index in [0.29, 0.717) is 31.4 Å². The van der Waals surface area contributed by atoms with E-state index >= 15 is 4.39 Å². The lowest BCUT2D eigenvalue weighted by molar-refractivity contribution is -0.348. The van der Waals surface area contributed by atoms with Gasteiger partial charge in [0.2, 0.25) is 5.91 Å². The van der Waals surface area contributed by atoms with Gasteiger partial charge in [-0.3, -0.25) is 4.79 Å². The Hall–Kier alpha value is -2.54. The van der Waals surface area contributed by atoms with E-state index in [0.717, 1.165) is 25.3 Å². The maximum absolute atomic E-state index is 15.0. The van der Waals surface area contributed by atoms with Gasteiger partial charge >= 0.3 is 18.0 Å². The van der Waals surface area contributed by atoms with E-state index < -0.39 is 49.6 Å². The van der Waals surface area contributed by atoms with Crippen molar-refractivity contribution in [3.8, 4) is 0 Å². The van der Waals surface area contributed by atoms with Crippen LogP contribution in [0.15, 0.2) is 47.4 Å². The summed E-state index contributed by atoms with van der Waals surface area (Å²) in [6.07, 6.45) is -8.28. The number of hydrogen-bond donors (Lipinski definition) is 1. The molecule has 7 rings (SSSR count). The largest absolute Gasteiger partial charge is 0.435 e. The third-order valence-electron chi connectivity index (χ3n) is 10.7. The van der Waals surface area contributed by atoms with Crippen LogP contribution in [0.1, 0.15) is 63.0 Å². The summed E-state index contributed by atoms with van der Waals surface area (Å²) in [6.45, 7) is 1.93. The molecule has 5 aliphatic rings. The number of halogens is 8. The molecule has 2 aromatic rings. The van der Waals surface area contributed by atoms with E-state index in [-0.39, 0.29) is 52.0 Å². The molecular weight excluding hydrogens is 637 g/mol. The molecule has 14 heteroatoms. The summed E-state index contributed by atoms with van der Waals surface area (Å²) < 4.78 is 124. The molecule has 1 amide bonds. The number of hydrogen-bond acceptors (Lipinski definition) is 4. The van der Waals surface area contributed by atoms with Crippen LogP contribution in [0.25, 0.3) is 0 Å². The van der Waals surface area contributed by atoms with Gasteiger partial charge in [-0.1, -0.05) is 30.7 Å². The van der Waals surface area contributed by atoms with Gasteiger partial charge in [-0.2, -0.15) is 26.3 Å². The van der Waals surface area contributed by atoms with Crippen molar-refractivity contribution in [3.05, 3.63) is 58.6 Å². The number of likely N-dealkylation sites (tertiary alicyclic amines) is 1. The molecule has 3 saturated carbocycles. The normalized spacial score (nSPS) is 30.5. The second-order valence-electron chi connectivity index (χ2n) is 13.0. The van der Waals surface area contributed by atoms with Crippen LogP contribution in [-0.4, -0.2) is 50.7 Å². The van der Waals surface area contributed by atoms with Crippen molar-refractivity contribution in [1.29, 1.82) is 0 Å². The maximum atomic E-state index is 15.0. The van der Waals surface area contributed by atoms with Crippen molar-refractivity contribution in [1.82, 2.24) is 4.90 Å². The topological polar surface area (TPSA) is 66.5 Å². The minimum Gasteiger partial charge on any atom is -0.383 e. The monoisotopic (exact) mass is 666 g/mol. The molecular formula is C30H30ClF7N2O3S. The molecule has 0 radical (unpaired) electrons. The molecule has 3 aliphatic carbocycles. The first-order chi connectivity index (χ1) is 20.3. The van der Waals surface area contributed by atoms with Crippen molar-refractivity contribution < 1.29 is 43.9 Å². The molecule has 2 bridgehead atoms. The number of carbonyl (C=O) groups is 1. The van der Waals surface area contributed by atoms with Gasteiger partial charge in [0.1, 0.15) is 4.75 Å². The van der Waals surface area contributed by atoms with Gasteiger partial charge in [0.25, 0.3) is 0 Å². The Morgan fingerprint density at radius 2 is 1.45 bits per heavy atom. The van der Waals surface area contributed by atoms with Gasteiger partial charge < -0.3 is 10.2 Å². The van der Waals surface area contributed by atoms with Gasteiger partial charge in [-0.15, -0.1) is 0 Å². The molecule has 44 heavy (non-hydrogen) atoms. The molecule has 4 fully saturated rings. The van der Waals surface area contributed by atoms with Crippen molar-refractivity contribution in [2.75, 3.05) is 18.4 Å². The number of benzene rings is 2.